The highest BCUT2D eigenvalue weighted by molar-refractivity contribution is 6.77. The van der Waals surface area contributed by atoms with E-state index in [4.69, 9.17) is 42.0 Å². The van der Waals surface area contributed by atoms with Gasteiger partial charge in [-0.25, -0.2) is 19.4 Å². The number of benzene rings is 1. The Morgan fingerprint density at radius 3 is 2.19 bits per heavy atom. The van der Waals surface area contributed by atoms with Crippen LogP contribution in [0.2, 0.25) is 16.6 Å². The van der Waals surface area contributed by atoms with E-state index >= 15 is 4.79 Å². The van der Waals surface area contributed by atoms with Gasteiger partial charge in [-0.3, -0.25) is 9.69 Å². The van der Waals surface area contributed by atoms with Crippen LogP contribution in [0.15, 0.2) is 58.5 Å². The molecule has 13 atom stereocenters. The zero-order chi connectivity index (χ0) is 54.1. The minimum absolute atomic E-state index is 0.0246. The van der Waals surface area contributed by atoms with Crippen molar-refractivity contribution in [3.8, 4) is 0 Å². The van der Waals surface area contributed by atoms with E-state index in [2.05, 4.69) is 56.7 Å². The number of carbonyl (C=O) groups excluding carboxylic acids is 4. The summed E-state index contributed by atoms with van der Waals surface area (Å²) in [5.74, 6) is -3.00. The fourth-order valence-electron chi connectivity index (χ4n) is 14.1. The Kier molecular flexibility index (Phi) is 15.6. The summed E-state index contributed by atoms with van der Waals surface area (Å²) in [4.78, 5) is 64.2. The van der Waals surface area contributed by atoms with Crippen molar-refractivity contribution in [3.05, 3.63) is 65.4 Å². The summed E-state index contributed by atoms with van der Waals surface area (Å²) in [5, 5.41) is 27.5. The van der Waals surface area contributed by atoms with Crippen molar-refractivity contribution in [1.29, 1.82) is 0 Å². The molecule has 19 heteroatoms. The molecule has 4 heterocycles. The number of hydrogen-bond acceptors (Lipinski definition) is 17. The number of alkyl carbamates (subject to hydrolysis) is 1. The van der Waals surface area contributed by atoms with Gasteiger partial charge in [0.15, 0.2) is 24.4 Å². The minimum atomic E-state index is -3.03. The Hall–Kier alpha value is -4.21. The zero-order valence-corrected chi connectivity index (χ0v) is 46.8. The van der Waals surface area contributed by atoms with Crippen LogP contribution < -0.4 is 5.32 Å². The lowest BCUT2D eigenvalue weighted by atomic mass is 9.45. The van der Waals surface area contributed by atoms with E-state index in [1.165, 1.54) is 19.5 Å². The predicted molar refractivity (Wildman–Crippen MR) is 272 cm³/mol. The number of likely N-dealkylation sites (tertiary alicyclic amines) is 1. The first-order valence-corrected chi connectivity index (χ1v) is 28.7. The van der Waals surface area contributed by atoms with Gasteiger partial charge in [0, 0.05) is 43.3 Å². The third-order valence-electron chi connectivity index (χ3n) is 17.7. The predicted octanol–water partition coefficient (Wildman–Crippen LogP) is 7.72. The van der Waals surface area contributed by atoms with Crippen molar-refractivity contribution >= 4 is 32.3 Å². The summed E-state index contributed by atoms with van der Waals surface area (Å²) in [7, 11) is -3.03. The lowest BCUT2D eigenvalue weighted by Crippen LogP contribution is -2.79. The number of nitrogens with one attached hydrogen (secondary N) is 1. The van der Waals surface area contributed by atoms with Crippen molar-refractivity contribution in [2.24, 2.45) is 16.7 Å². The number of aromatic nitrogens is 1. The van der Waals surface area contributed by atoms with Crippen LogP contribution in [0.3, 0.4) is 0 Å². The Labute approximate surface area is 437 Å². The molecule has 3 aliphatic carbocycles. The molecule has 1 amide bonds. The Bertz CT molecular complexity index is 2380. The number of rotatable bonds is 16. The number of amides is 1. The van der Waals surface area contributed by atoms with Crippen LogP contribution in [-0.2, 0) is 47.2 Å². The molecule has 74 heavy (non-hydrogen) atoms. The molecule has 2 aromatic rings. The van der Waals surface area contributed by atoms with E-state index in [0.29, 0.717) is 30.5 Å². The second-order valence-electron chi connectivity index (χ2n) is 24.4. The molecule has 1 aromatic carbocycles. The maximum Gasteiger partial charge on any atom is 0.408 e. The van der Waals surface area contributed by atoms with Crippen molar-refractivity contribution in [2.75, 3.05) is 26.3 Å². The summed E-state index contributed by atoms with van der Waals surface area (Å²) in [6.45, 7) is 27.7. The lowest BCUT2D eigenvalue weighted by molar-refractivity contribution is -0.345. The molecule has 410 valence electrons. The van der Waals surface area contributed by atoms with Gasteiger partial charge in [-0.05, 0) is 86.9 Å². The molecule has 3 aliphatic heterocycles. The molecule has 1 aromatic heterocycles. The van der Waals surface area contributed by atoms with Crippen LogP contribution in [0, 0.1) is 16.7 Å². The van der Waals surface area contributed by atoms with Gasteiger partial charge in [-0.2, -0.15) is 0 Å². The summed E-state index contributed by atoms with van der Waals surface area (Å²) >= 11 is 0. The minimum Gasteiger partial charge on any atom is -0.456 e. The molecular weight excluding hydrogens is 971 g/mol. The maximum absolute atomic E-state index is 15.8. The number of hydrogen-bond donors (Lipinski definition) is 3. The average Bonchev–Trinajstić information content (AvgIpc) is 3.99. The van der Waals surface area contributed by atoms with Crippen LogP contribution in [-0.4, -0.2) is 144 Å². The topological polar surface area (TPSA) is 224 Å². The van der Waals surface area contributed by atoms with E-state index in [1.807, 2.05) is 27.7 Å². The number of ether oxygens (including phenoxy) is 7. The second-order valence-corrected chi connectivity index (χ2v) is 29.8. The summed E-state index contributed by atoms with van der Waals surface area (Å²) in [6, 6.07) is 7.13. The van der Waals surface area contributed by atoms with Crippen molar-refractivity contribution in [3.63, 3.8) is 0 Å². The highest BCUT2D eigenvalue weighted by atomic mass is 28.4. The number of fused-ring (bicyclic) bond motifs is 8. The molecule has 3 saturated heterocycles. The van der Waals surface area contributed by atoms with Crippen LogP contribution in [0.1, 0.15) is 145 Å². The molecule has 0 spiro atoms. The smallest absolute Gasteiger partial charge is 0.408 e. The Morgan fingerprint density at radius 1 is 0.973 bits per heavy atom. The van der Waals surface area contributed by atoms with Gasteiger partial charge in [-0.1, -0.05) is 80.5 Å². The van der Waals surface area contributed by atoms with Crippen LogP contribution in [0.4, 0.5) is 4.79 Å². The van der Waals surface area contributed by atoms with Gasteiger partial charge in [0.25, 0.3) is 0 Å². The molecule has 8 rings (SSSR count). The highest BCUT2D eigenvalue weighted by Gasteiger charge is 2.77. The van der Waals surface area contributed by atoms with Crippen LogP contribution in [0.25, 0.3) is 0 Å². The lowest BCUT2D eigenvalue weighted by Gasteiger charge is -2.68. The average molecular weight is 1050 g/mol. The molecule has 2 bridgehead atoms. The zero-order valence-electron chi connectivity index (χ0n) is 45.8. The Balaban J connectivity index is 1.32. The highest BCUT2D eigenvalue weighted by Crippen LogP contribution is 2.67. The number of esters is 3. The van der Waals surface area contributed by atoms with Crippen LogP contribution >= 0.6 is 0 Å². The van der Waals surface area contributed by atoms with Gasteiger partial charge in [-0.15, -0.1) is 0 Å². The quantitative estimate of drug-likeness (QED) is 0.0633. The van der Waals surface area contributed by atoms with Gasteiger partial charge in [0.1, 0.15) is 47.4 Å². The summed E-state index contributed by atoms with van der Waals surface area (Å²) < 4.78 is 59.7. The van der Waals surface area contributed by atoms with E-state index in [-0.39, 0.29) is 53.6 Å². The molecule has 2 saturated carbocycles. The van der Waals surface area contributed by atoms with E-state index in [0.717, 1.165) is 13.0 Å². The van der Waals surface area contributed by atoms with Gasteiger partial charge in [0.05, 0.1) is 37.0 Å². The first-order valence-electron chi connectivity index (χ1n) is 26.6. The maximum atomic E-state index is 15.8. The fraction of sp³-hybridized carbons (Fsp3) is 0.727. The second kappa shape index (κ2) is 20.6. The molecule has 0 radical (unpaired) electrons. The van der Waals surface area contributed by atoms with Gasteiger partial charge >= 0.3 is 24.0 Å². The molecule has 6 aliphatic rings. The largest absolute Gasteiger partial charge is 0.456 e. The standard InChI is InChI=1S/C55H81N3O15Si/c1-30(2)74(31(3)4,32(5)6)73-44(42(38-25-56-29-66-38)57-50(63)72-51(9,10)11)49(62)67-37-24-55(64)47(70-48(61)35-18-16-15-17-19-35)45-53(14,22-20-39-54(45,28-65-39)71-34(8)60)46-43(41(33(37)7)52(55,12)13)68-40(69-46)26-58-23-21-36(58)27-59/h15-19,25,29-32,36-37,39-40,42-47,59,64H,20-24,26-28H2,1-14H3,(H,57,63)/t36-,37-,39+,40+,42-,43+,44+,45-,46+,47-,53+,54-,55+/m0/s1. The number of aliphatic hydroxyl groups is 2. The molecule has 3 N–H and O–H groups in total. The number of aliphatic hydroxyl groups excluding tert-OH is 1. The van der Waals surface area contributed by atoms with Gasteiger partial charge in [0.2, 0.25) is 8.32 Å². The third-order valence-corrected chi connectivity index (χ3v) is 23.8. The number of oxazole rings is 1. The van der Waals surface area contributed by atoms with Crippen molar-refractivity contribution in [2.45, 2.75) is 211 Å². The normalized spacial score (nSPS) is 33.4. The monoisotopic (exact) mass is 1050 g/mol. The Morgan fingerprint density at radius 2 is 1.65 bits per heavy atom. The first-order chi connectivity index (χ1) is 34.6. The third kappa shape index (κ3) is 9.67. The van der Waals surface area contributed by atoms with E-state index < -0.39 is 115 Å². The van der Waals surface area contributed by atoms with Gasteiger partial charge < -0.3 is 57.5 Å². The molecule has 0 unspecified atom stereocenters. The van der Waals surface area contributed by atoms with E-state index in [1.54, 1.807) is 51.1 Å². The number of nitrogens with zero attached hydrogens (tertiary/aromatic N) is 2. The molecular formula is C55H81N3O15Si. The number of carbonyl (C=O) groups is 4. The molecule has 5 fully saturated rings. The summed E-state index contributed by atoms with van der Waals surface area (Å²) in [6.07, 6.45) is -4.07. The molecule has 18 nitrogen and oxygen atoms in total. The SMILES string of the molecule is CC(=O)O[C@@]12CO[C@@H]1CC[C@@]1(C)[C@@H]3O[C@H](CN4CC[C@H]4CO)O[C@@H]3C3=C(C)[C@@H](OC(=O)[C@H](O[Si](C(C)C)(C(C)C)C(C)C)[C@@H](NC(=O)OC(C)(C)C)c4cnco4)C[C@@](O)([C@@H](OC(=O)c4ccccc4)[C@@H]12)C3(C)C. The fourth-order valence-corrected chi connectivity index (χ4v) is 19.6. The van der Waals surface area contributed by atoms with Crippen LogP contribution in [0.5, 0.6) is 0 Å². The van der Waals surface area contributed by atoms with Crippen molar-refractivity contribution in [1.82, 2.24) is 15.2 Å². The van der Waals surface area contributed by atoms with Crippen molar-refractivity contribution < 1.29 is 71.4 Å². The summed E-state index contributed by atoms with van der Waals surface area (Å²) in [5.41, 5.74) is -5.40. The first kappa shape index (κ1) is 56.0. The van der Waals surface area contributed by atoms with E-state index in [9.17, 15) is 24.6 Å².